The van der Waals surface area contributed by atoms with Gasteiger partial charge in [-0.05, 0) is 82.6 Å². The molecule has 0 saturated carbocycles. The molecule has 0 aromatic heterocycles. The number of hydrogen-bond donors (Lipinski definition) is 1. The Kier molecular flexibility index (Phi) is 6.61. The molecule has 27 heavy (non-hydrogen) atoms. The largest absolute Gasteiger partial charge is 0.324 e. The van der Waals surface area contributed by atoms with Crippen LogP contribution in [0.4, 0.5) is 10.5 Å². The molecule has 3 rings (SSSR count). The quantitative estimate of drug-likeness (QED) is 0.359. The molecule has 0 bridgehead atoms. The van der Waals surface area contributed by atoms with E-state index in [0.29, 0.717) is 10.6 Å². The van der Waals surface area contributed by atoms with Gasteiger partial charge in [0.15, 0.2) is 0 Å². The number of amides is 3. The summed E-state index contributed by atoms with van der Waals surface area (Å²) in [6.45, 7) is -0.307. The molecule has 3 amide bonds. The molecule has 1 saturated heterocycles. The van der Waals surface area contributed by atoms with Gasteiger partial charge in [-0.3, -0.25) is 19.3 Å². The zero-order valence-electron chi connectivity index (χ0n) is 14.3. The lowest BCUT2D eigenvalue weighted by molar-refractivity contribution is -0.127. The molecule has 2 aromatic carbocycles. The van der Waals surface area contributed by atoms with E-state index < -0.39 is 17.1 Å². The Morgan fingerprint density at radius 3 is 2.67 bits per heavy atom. The Balaban J connectivity index is 1.68. The minimum absolute atomic E-state index is 0.307. The van der Waals surface area contributed by atoms with Crippen molar-refractivity contribution < 1.29 is 14.4 Å². The van der Waals surface area contributed by atoms with Crippen LogP contribution in [0.1, 0.15) is 5.56 Å². The third kappa shape index (κ3) is 5.14. The van der Waals surface area contributed by atoms with E-state index in [1.54, 1.807) is 23.9 Å². The van der Waals surface area contributed by atoms with E-state index in [0.717, 1.165) is 30.7 Å². The first-order valence-corrected chi connectivity index (χ1v) is 11.0. The number of hydrogen-bond acceptors (Lipinski definition) is 5. The predicted molar refractivity (Wildman–Crippen MR) is 119 cm³/mol. The first-order chi connectivity index (χ1) is 13.0. The van der Waals surface area contributed by atoms with Crippen molar-refractivity contribution in [1.82, 2.24) is 4.90 Å². The lowest BCUT2D eigenvalue weighted by atomic mass is 10.2. The highest BCUT2D eigenvalue weighted by atomic mass is 127. The molecule has 8 heteroatoms. The topological polar surface area (TPSA) is 66.5 Å². The van der Waals surface area contributed by atoms with Gasteiger partial charge in [-0.2, -0.15) is 0 Å². The maximum Gasteiger partial charge on any atom is 0.294 e. The summed E-state index contributed by atoms with van der Waals surface area (Å²) < 4.78 is 1.08. The second-order valence-electron chi connectivity index (χ2n) is 5.60. The number of carbonyl (C=O) groups is 3. The number of rotatable bonds is 5. The van der Waals surface area contributed by atoms with Crippen molar-refractivity contribution in [3.8, 4) is 0 Å². The van der Waals surface area contributed by atoms with Crippen molar-refractivity contribution >= 4 is 74.9 Å². The first kappa shape index (κ1) is 20.0. The van der Waals surface area contributed by atoms with Gasteiger partial charge < -0.3 is 5.32 Å². The molecular formula is C19H15IN2O3S2. The highest BCUT2D eigenvalue weighted by molar-refractivity contribution is 14.1. The summed E-state index contributed by atoms with van der Waals surface area (Å²) in [6, 6.07) is 15.0. The summed E-state index contributed by atoms with van der Waals surface area (Å²) in [6.07, 6.45) is 3.61. The van der Waals surface area contributed by atoms with Crippen LogP contribution in [-0.4, -0.2) is 34.8 Å². The van der Waals surface area contributed by atoms with E-state index in [4.69, 9.17) is 0 Å². The minimum atomic E-state index is -0.448. The normalized spacial score (nSPS) is 15.5. The molecular weight excluding hydrogens is 495 g/mol. The molecule has 1 N–H and O–H groups in total. The molecule has 0 unspecified atom stereocenters. The van der Waals surface area contributed by atoms with E-state index in [1.165, 1.54) is 0 Å². The summed E-state index contributed by atoms with van der Waals surface area (Å²) in [5.41, 5.74) is 1.47. The van der Waals surface area contributed by atoms with E-state index >= 15 is 0 Å². The SMILES string of the molecule is CSc1cccc(NC(=O)CN2C(=O)S/C(=C\c3ccc(I)cc3)C2=O)c1. The number of imide groups is 1. The first-order valence-electron chi connectivity index (χ1n) is 7.91. The number of carbonyl (C=O) groups excluding carboxylic acids is 3. The second-order valence-corrected chi connectivity index (χ2v) is 8.72. The van der Waals surface area contributed by atoms with E-state index in [-0.39, 0.29) is 6.54 Å². The smallest absolute Gasteiger partial charge is 0.294 e. The summed E-state index contributed by atoms with van der Waals surface area (Å²) in [4.78, 5) is 39.2. The van der Waals surface area contributed by atoms with Gasteiger partial charge in [-0.25, -0.2) is 0 Å². The van der Waals surface area contributed by atoms with Crippen LogP contribution in [0.25, 0.3) is 6.08 Å². The molecule has 0 aliphatic carbocycles. The van der Waals surface area contributed by atoms with Crippen LogP contribution < -0.4 is 5.32 Å². The molecule has 0 radical (unpaired) electrons. The fourth-order valence-corrected chi connectivity index (χ4v) is 4.05. The lowest BCUT2D eigenvalue weighted by Gasteiger charge is -2.12. The number of halogens is 1. The fraction of sp³-hybridized carbons (Fsp3) is 0.105. The van der Waals surface area contributed by atoms with Crippen molar-refractivity contribution in [3.05, 3.63) is 62.6 Å². The minimum Gasteiger partial charge on any atom is -0.324 e. The summed E-state index contributed by atoms with van der Waals surface area (Å²) in [5, 5.41) is 2.29. The molecule has 5 nitrogen and oxygen atoms in total. The Bertz CT molecular complexity index is 929. The van der Waals surface area contributed by atoms with Crippen molar-refractivity contribution in [2.45, 2.75) is 4.90 Å². The maximum atomic E-state index is 12.5. The van der Waals surface area contributed by atoms with Crippen LogP contribution in [0, 0.1) is 3.57 Å². The molecule has 1 aliphatic heterocycles. The molecule has 1 heterocycles. The third-order valence-electron chi connectivity index (χ3n) is 3.70. The summed E-state index contributed by atoms with van der Waals surface area (Å²) in [5.74, 6) is -0.859. The highest BCUT2D eigenvalue weighted by Gasteiger charge is 2.36. The van der Waals surface area contributed by atoms with Gasteiger partial charge in [0.25, 0.3) is 11.1 Å². The van der Waals surface area contributed by atoms with Crippen LogP contribution in [0.2, 0.25) is 0 Å². The van der Waals surface area contributed by atoms with Gasteiger partial charge in [0.1, 0.15) is 6.54 Å². The number of benzene rings is 2. The average molecular weight is 510 g/mol. The summed E-state index contributed by atoms with van der Waals surface area (Å²) in [7, 11) is 0. The van der Waals surface area contributed by atoms with Crippen molar-refractivity contribution in [2.24, 2.45) is 0 Å². The summed E-state index contributed by atoms with van der Waals surface area (Å²) >= 11 is 4.61. The van der Waals surface area contributed by atoms with Crippen LogP contribution >= 0.6 is 46.1 Å². The van der Waals surface area contributed by atoms with Gasteiger partial charge >= 0.3 is 0 Å². The fourth-order valence-electron chi connectivity index (χ4n) is 2.39. The Morgan fingerprint density at radius 1 is 1.22 bits per heavy atom. The zero-order chi connectivity index (χ0) is 19.4. The lowest BCUT2D eigenvalue weighted by Crippen LogP contribution is -2.36. The number of anilines is 1. The van der Waals surface area contributed by atoms with Crippen molar-refractivity contribution in [1.29, 1.82) is 0 Å². The number of nitrogens with one attached hydrogen (secondary N) is 1. The van der Waals surface area contributed by atoms with Crippen molar-refractivity contribution in [2.75, 3.05) is 18.1 Å². The number of thioether (sulfide) groups is 2. The standard InChI is InChI=1S/C19H15IN2O3S2/c1-26-15-4-2-3-14(10-15)21-17(23)11-22-18(24)16(27-19(22)25)9-12-5-7-13(20)8-6-12/h2-10H,11H2,1H3,(H,21,23)/b16-9-. The average Bonchev–Trinajstić information content (AvgIpc) is 2.91. The maximum absolute atomic E-state index is 12.5. The van der Waals surface area contributed by atoms with Gasteiger partial charge in [0, 0.05) is 14.2 Å². The second kappa shape index (κ2) is 8.94. The Hall–Kier alpha value is -1.78. The monoisotopic (exact) mass is 510 g/mol. The Labute approximate surface area is 179 Å². The molecule has 1 fully saturated rings. The van der Waals surface area contributed by atoms with Gasteiger partial charge in [-0.15, -0.1) is 11.8 Å². The van der Waals surface area contributed by atoms with Crippen LogP contribution in [-0.2, 0) is 9.59 Å². The predicted octanol–water partition coefficient (Wildman–Crippen LogP) is 4.69. The van der Waals surface area contributed by atoms with Crippen LogP contribution in [0.5, 0.6) is 0 Å². The van der Waals surface area contributed by atoms with Gasteiger partial charge in [0.2, 0.25) is 5.91 Å². The molecule has 2 aromatic rings. The van der Waals surface area contributed by atoms with E-state index in [9.17, 15) is 14.4 Å². The molecule has 138 valence electrons. The molecule has 0 atom stereocenters. The zero-order valence-corrected chi connectivity index (χ0v) is 18.1. The van der Waals surface area contributed by atoms with E-state index in [1.807, 2.05) is 48.7 Å². The molecule has 1 aliphatic rings. The highest BCUT2D eigenvalue weighted by Crippen LogP contribution is 2.32. The third-order valence-corrected chi connectivity index (χ3v) is 6.05. The van der Waals surface area contributed by atoms with E-state index in [2.05, 4.69) is 27.9 Å². The van der Waals surface area contributed by atoms with Crippen LogP contribution in [0.15, 0.2) is 58.3 Å². The van der Waals surface area contributed by atoms with Gasteiger partial charge in [-0.1, -0.05) is 18.2 Å². The number of nitrogens with zero attached hydrogens (tertiary/aromatic N) is 1. The molecule has 0 spiro atoms. The van der Waals surface area contributed by atoms with Gasteiger partial charge in [0.05, 0.1) is 4.91 Å². The Morgan fingerprint density at radius 2 is 1.96 bits per heavy atom. The van der Waals surface area contributed by atoms with Crippen molar-refractivity contribution in [3.63, 3.8) is 0 Å². The van der Waals surface area contributed by atoms with Crippen LogP contribution in [0.3, 0.4) is 0 Å².